The fraction of sp³-hybridized carbons (Fsp3) is 0.389. The van der Waals surface area contributed by atoms with Gasteiger partial charge in [-0.15, -0.1) is 0 Å². The Morgan fingerprint density at radius 3 is 2.54 bits per heavy atom. The highest BCUT2D eigenvalue weighted by molar-refractivity contribution is 5.87. The Morgan fingerprint density at radius 2 is 1.79 bits per heavy atom. The Labute approximate surface area is 141 Å². The first-order chi connectivity index (χ1) is 11.7. The number of ether oxygens (including phenoxy) is 1. The summed E-state index contributed by atoms with van der Waals surface area (Å²) in [4.78, 5) is 32.1. The summed E-state index contributed by atoms with van der Waals surface area (Å²) in [7, 11) is 0. The fourth-order valence-corrected chi connectivity index (χ4v) is 2.94. The van der Waals surface area contributed by atoms with Crippen molar-refractivity contribution in [3.8, 4) is 0 Å². The van der Waals surface area contributed by atoms with Crippen LogP contribution in [0.25, 0.3) is 10.9 Å². The second-order valence-electron chi connectivity index (χ2n) is 5.74. The lowest BCUT2D eigenvalue weighted by molar-refractivity contribution is -0.132. The van der Waals surface area contributed by atoms with Gasteiger partial charge in [-0.3, -0.25) is 9.78 Å². The number of hydrogen-bond acceptors (Lipinski definition) is 4. The average Bonchev–Trinajstić information content (AvgIpc) is 2.62. The van der Waals surface area contributed by atoms with E-state index in [9.17, 15) is 9.59 Å². The Kier molecular flexibility index (Phi) is 4.93. The Hall–Kier alpha value is -2.63. The minimum Gasteiger partial charge on any atom is -0.450 e. The third-order valence-corrected chi connectivity index (χ3v) is 4.22. The standard InChI is InChI=1S/C18H21N3O3/c1-2-24-18(23)21-11-9-20(10-12-21)16(22)13-15-6-3-5-14-7-4-8-19-17(14)15/h3-8H,2,9-13H2,1H3. The number of piperazine rings is 1. The van der Waals surface area contributed by atoms with Gasteiger partial charge in [-0.05, 0) is 18.6 Å². The normalized spacial score (nSPS) is 14.7. The van der Waals surface area contributed by atoms with Crippen LogP contribution in [0.15, 0.2) is 36.5 Å². The fourth-order valence-electron chi connectivity index (χ4n) is 2.94. The highest BCUT2D eigenvalue weighted by Gasteiger charge is 2.25. The summed E-state index contributed by atoms with van der Waals surface area (Å²) in [5.74, 6) is 0.0664. The van der Waals surface area contributed by atoms with Gasteiger partial charge < -0.3 is 14.5 Å². The van der Waals surface area contributed by atoms with Crippen LogP contribution in [0.2, 0.25) is 0 Å². The minimum atomic E-state index is -0.303. The number of fused-ring (bicyclic) bond motifs is 1. The Morgan fingerprint density at radius 1 is 1.08 bits per heavy atom. The van der Waals surface area contributed by atoms with Crippen LogP contribution in [-0.2, 0) is 16.0 Å². The molecule has 3 rings (SSSR count). The molecule has 24 heavy (non-hydrogen) atoms. The van der Waals surface area contributed by atoms with Crippen molar-refractivity contribution in [2.75, 3.05) is 32.8 Å². The second kappa shape index (κ2) is 7.29. The van der Waals surface area contributed by atoms with Gasteiger partial charge in [0, 0.05) is 37.8 Å². The number of carbonyl (C=O) groups excluding carboxylic acids is 2. The van der Waals surface area contributed by atoms with Crippen molar-refractivity contribution in [2.24, 2.45) is 0 Å². The summed E-state index contributed by atoms with van der Waals surface area (Å²) in [6.07, 6.45) is 1.77. The molecule has 0 atom stereocenters. The molecule has 2 aromatic rings. The van der Waals surface area contributed by atoms with Gasteiger partial charge in [0.2, 0.25) is 5.91 Å². The number of nitrogens with zero attached hydrogens (tertiary/aromatic N) is 3. The van der Waals surface area contributed by atoms with Crippen molar-refractivity contribution in [1.29, 1.82) is 0 Å². The van der Waals surface area contributed by atoms with Crippen LogP contribution in [0.4, 0.5) is 4.79 Å². The zero-order valence-corrected chi connectivity index (χ0v) is 13.8. The maximum Gasteiger partial charge on any atom is 0.409 e. The molecule has 1 aromatic heterocycles. The maximum absolute atomic E-state index is 12.6. The lowest BCUT2D eigenvalue weighted by Crippen LogP contribution is -2.51. The van der Waals surface area contributed by atoms with E-state index in [1.165, 1.54) is 0 Å². The first-order valence-corrected chi connectivity index (χ1v) is 8.21. The van der Waals surface area contributed by atoms with E-state index >= 15 is 0 Å². The molecule has 1 fully saturated rings. The van der Waals surface area contributed by atoms with Crippen LogP contribution in [0.5, 0.6) is 0 Å². The van der Waals surface area contributed by atoms with Crippen molar-refractivity contribution < 1.29 is 14.3 Å². The summed E-state index contributed by atoms with van der Waals surface area (Å²) in [5.41, 5.74) is 1.81. The molecule has 1 aliphatic heterocycles. The van der Waals surface area contributed by atoms with Crippen LogP contribution in [-0.4, -0.2) is 59.6 Å². The lowest BCUT2D eigenvalue weighted by atomic mass is 10.1. The first kappa shape index (κ1) is 16.2. The van der Waals surface area contributed by atoms with E-state index in [1.54, 1.807) is 22.9 Å². The summed E-state index contributed by atoms with van der Waals surface area (Å²) < 4.78 is 5.00. The number of para-hydroxylation sites is 1. The van der Waals surface area contributed by atoms with Gasteiger partial charge >= 0.3 is 6.09 Å². The lowest BCUT2D eigenvalue weighted by Gasteiger charge is -2.34. The molecule has 2 amide bonds. The maximum atomic E-state index is 12.6. The monoisotopic (exact) mass is 327 g/mol. The number of aromatic nitrogens is 1. The summed E-state index contributed by atoms with van der Waals surface area (Å²) in [6, 6.07) is 9.78. The van der Waals surface area contributed by atoms with Crippen molar-refractivity contribution in [3.63, 3.8) is 0 Å². The van der Waals surface area contributed by atoms with Crippen LogP contribution in [0.1, 0.15) is 12.5 Å². The zero-order chi connectivity index (χ0) is 16.9. The van der Waals surface area contributed by atoms with E-state index in [2.05, 4.69) is 4.98 Å². The highest BCUT2D eigenvalue weighted by atomic mass is 16.6. The summed E-state index contributed by atoms with van der Waals surface area (Å²) in [6.45, 7) is 4.25. The summed E-state index contributed by atoms with van der Waals surface area (Å²) in [5, 5.41) is 1.04. The van der Waals surface area contributed by atoms with Crippen molar-refractivity contribution in [1.82, 2.24) is 14.8 Å². The Balaban J connectivity index is 1.63. The number of pyridine rings is 1. The predicted molar refractivity (Wildman–Crippen MR) is 90.6 cm³/mol. The van der Waals surface area contributed by atoms with Crippen LogP contribution in [0, 0.1) is 0 Å². The number of rotatable bonds is 3. The van der Waals surface area contributed by atoms with E-state index in [0.29, 0.717) is 39.2 Å². The van der Waals surface area contributed by atoms with Gasteiger partial charge in [0.05, 0.1) is 18.5 Å². The van der Waals surface area contributed by atoms with Gasteiger partial charge in [0.15, 0.2) is 0 Å². The molecule has 0 saturated carbocycles. The predicted octanol–water partition coefficient (Wildman–Crippen LogP) is 2.08. The minimum absolute atomic E-state index is 0.0664. The quantitative estimate of drug-likeness (QED) is 0.866. The molecule has 0 aliphatic carbocycles. The molecule has 0 spiro atoms. The SMILES string of the molecule is CCOC(=O)N1CCN(C(=O)Cc2cccc3cccnc23)CC1. The summed E-state index contributed by atoms with van der Waals surface area (Å²) >= 11 is 0. The molecule has 6 nitrogen and oxygen atoms in total. The first-order valence-electron chi connectivity index (χ1n) is 8.21. The van der Waals surface area contributed by atoms with E-state index in [1.807, 2.05) is 30.3 Å². The van der Waals surface area contributed by atoms with Gasteiger partial charge in [-0.1, -0.05) is 24.3 Å². The molecule has 1 aromatic carbocycles. The van der Waals surface area contributed by atoms with E-state index in [-0.39, 0.29) is 12.0 Å². The number of benzene rings is 1. The molecule has 6 heteroatoms. The van der Waals surface area contributed by atoms with E-state index < -0.39 is 0 Å². The van der Waals surface area contributed by atoms with Gasteiger partial charge in [0.1, 0.15) is 0 Å². The number of carbonyl (C=O) groups is 2. The number of amides is 2. The zero-order valence-electron chi connectivity index (χ0n) is 13.8. The molecule has 0 unspecified atom stereocenters. The Bertz CT molecular complexity index is 734. The van der Waals surface area contributed by atoms with Gasteiger partial charge in [-0.2, -0.15) is 0 Å². The van der Waals surface area contributed by atoms with Crippen LogP contribution >= 0.6 is 0 Å². The second-order valence-corrected chi connectivity index (χ2v) is 5.74. The highest BCUT2D eigenvalue weighted by Crippen LogP contribution is 2.17. The molecular weight excluding hydrogens is 306 g/mol. The number of hydrogen-bond donors (Lipinski definition) is 0. The third-order valence-electron chi connectivity index (χ3n) is 4.22. The average molecular weight is 327 g/mol. The van der Waals surface area contributed by atoms with Crippen molar-refractivity contribution in [3.05, 3.63) is 42.1 Å². The van der Waals surface area contributed by atoms with Crippen LogP contribution in [0.3, 0.4) is 0 Å². The molecule has 1 aliphatic rings. The molecular formula is C18H21N3O3. The molecule has 126 valence electrons. The molecule has 0 bridgehead atoms. The van der Waals surface area contributed by atoms with E-state index in [4.69, 9.17) is 4.74 Å². The van der Waals surface area contributed by atoms with Crippen LogP contribution < -0.4 is 0 Å². The third kappa shape index (κ3) is 3.48. The van der Waals surface area contributed by atoms with E-state index in [0.717, 1.165) is 16.5 Å². The van der Waals surface area contributed by atoms with Crippen molar-refractivity contribution in [2.45, 2.75) is 13.3 Å². The molecule has 1 saturated heterocycles. The van der Waals surface area contributed by atoms with Crippen molar-refractivity contribution >= 4 is 22.9 Å². The smallest absolute Gasteiger partial charge is 0.409 e. The molecule has 0 radical (unpaired) electrons. The van der Waals surface area contributed by atoms with Gasteiger partial charge in [0.25, 0.3) is 0 Å². The molecule has 2 heterocycles. The van der Waals surface area contributed by atoms with Gasteiger partial charge in [-0.25, -0.2) is 4.79 Å². The molecule has 0 N–H and O–H groups in total. The topological polar surface area (TPSA) is 62.7 Å². The largest absolute Gasteiger partial charge is 0.450 e.